The van der Waals surface area contributed by atoms with Gasteiger partial charge in [-0.15, -0.1) is 0 Å². The maximum Gasteiger partial charge on any atom is 0.242 e. The average Bonchev–Trinajstić information content (AvgIpc) is 2.66. The molecule has 0 atom stereocenters. The van der Waals surface area contributed by atoms with E-state index < -0.39 is 0 Å². The summed E-state index contributed by atoms with van der Waals surface area (Å²) >= 11 is 0. The molecule has 5 heteroatoms. The van der Waals surface area contributed by atoms with Crippen molar-refractivity contribution < 1.29 is 4.79 Å². The fourth-order valence-electron chi connectivity index (χ4n) is 1.32. The Kier molecular flexibility index (Phi) is 4.98. The number of nitrogens with one attached hydrogen (secondary N) is 1. The van der Waals surface area contributed by atoms with E-state index >= 15 is 0 Å². The molecule has 5 nitrogen and oxygen atoms in total. The van der Waals surface area contributed by atoms with E-state index in [-0.39, 0.29) is 5.91 Å². The molecule has 1 amide bonds. The molecule has 0 aliphatic rings. The van der Waals surface area contributed by atoms with Crippen molar-refractivity contribution >= 4 is 5.91 Å². The number of nitrogens with zero attached hydrogens (tertiary/aromatic N) is 3. The van der Waals surface area contributed by atoms with Gasteiger partial charge in [0.25, 0.3) is 0 Å². The number of likely N-dealkylation sites (N-methyl/N-ethyl adjacent to an activating group) is 1. The Balaban J connectivity index is 2.53. The predicted octanol–water partition coefficient (Wildman–Crippen LogP) is 0.471. The van der Waals surface area contributed by atoms with Crippen molar-refractivity contribution in [3.05, 3.63) is 18.2 Å². The maximum absolute atomic E-state index is 11.5. The first-order valence-corrected chi connectivity index (χ1v) is 5.55. The molecule has 0 aromatic carbocycles. The van der Waals surface area contributed by atoms with Gasteiger partial charge in [-0.3, -0.25) is 4.79 Å². The number of carbonyl (C=O) groups excluding carboxylic acids is 1. The lowest BCUT2D eigenvalue weighted by Gasteiger charge is -2.12. The molecule has 1 heterocycles. The van der Waals surface area contributed by atoms with E-state index in [1.165, 1.54) is 0 Å². The first kappa shape index (κ1) is 12.7. The summed E-state index contributed by atoms with van der Waals surface area (Å²) in [6, 6.07) is 0. The van der Waals surface area contributed by atoms with Crippen molar-refractivity contribution in [2.45, 2.75) is 26.4 Å². The Bertz CT molecular complexity index is 332. The molecule has 1 N–H and O–H groups in total. The van der Waals surface area contributed by atoms with Gasteiger partial charge in [-0.25, -0.2) is 4.98 Å². The molecule has 90 valence electrons. The third-order valence-corrected chi connectivity index (χ3v) is 2.34. The summed E-state index contributed by atoms with van der Waals surface area (Å²) in [6.07, 6.45) is 4.60. The first-order chi connectivity index (χ1) is 7.65. The van der Waals surface area contributed by atoms with Gasteiger partial charge in [0.2, 0.25) is 5.91 Å². The van der Waals surface area contributed by atoms with Gasteiger partial charge in [0.1, 0.15) is 6.54 Å². The summed E-state index contributed by atoms with van der Waals surface area (Å²) in [6.45, 7) is 4.22. The largest absolute Gasteiger partial charge is 0.347 e. The second kappa shape index (κ2) is 6.27. The molecule has 0 spiro atoms. The third kappa shape index (κ3) is 3.66. The minimum absolute atomic E-state index is 0.0785. The van der Waals surface area contributed by atoms with Crippen LogP contribution in [0.25, 0.3) is 0 Å². The van der Waals surface area contributed by atoms with Gasteiger partial charge in [0.05, 0.1) is 12.0 Å². The number of imidazole rings is 1. The quantitative estimate of drug-likeness (QED) is 0.715. The number of rotatable bonds is 6. The molecule has 0 aliphatic heterocycles. The third-order valence-electron chi connectivity index (χ3n) is 2.34. The monoisotopic (exact) mass is 224 g/mol. The zero-order valence-corrected chi connectivity index (χ0v) is 10.2. The topological polar surface area (TPSA) is 50.2 Å². The first-order valence-electron chi connectivity index (χ1n) is 5.55. The highest BCUT2D eigenvalue weighted by Gasteiger charge is 2.08. The average molecular weight is 224 g/mol. The molecular weight excluding hydrogens is 204 g/mol. The number of amides is 1. The summed E-state index contributed by atoms with van der Waals surface area (Å²) in [5.41, 5.74) is 1.05. The summed E-state index contributed by atoms with van der Waals surface area (Å²) < 4.78 is 1.88. The highest BCUT2D eigenvalue weighted by Crippen LogP contribution is 2.00. The summed E-state index contributed by atoms with van der Waals surface area (Å²) in [5.74, 6) is 0.0785. The van der Waals surface area contributed by atoms with Gasteiger partial charge < -0.3 is 14.8 Å². The SMILES string of the molecule is CCCNCc1cncn1CC(=O)N(C)C. The molecule has 0 saturated heterocycles. The van der Waals surface area contributed by atoms with Crippen LogP contribution in [0.15, 0.2) is 12.5 Å². The minimum Gasteiger partial charge on any atom is -0.347 e. The summed E-state index contributed by atoms with van der Waals surface area (Å²) in [5, 5.41) is 3.29. The highest BCUT2D eigenvalue weighted by atomic mass is 16.2. The molecule has 0 saturated carbocycles. The Morgan fingerprint density at radius 1 is 1.56 bits per heavy atom. The fraction of sp³-hybridized carbons (Fsp3) is 0.636. The Morgan fingerprint density at radius 2 is 2.31 bits per heavy atom. The number of carbonyl (C=O) groups is 1. The van der Waals surface area contributed by atoms with Crippen LogP contribution in [0.3, 0.4) is 0 Å². The maximum atomic E-state index is 11.5. The van der Waals surface area contributed by atoms with E-state index in [0.29, 0.717) is 6.54 Å². The standard InChI is InChI=1S/C11H20N4O/c1-4-5-12-6-10-7-13-9-15(10)8-11(16)14(2)3/h7,9,12H,4-6,8H2,1-3H3. The fourth-order valence-corrected chi connectivity index (χ4v) is 1.32. The lowest BCUT2D eigenvalue weighted by Crippen LogP contribution is -2.27. The van der Waals surface area contributed by atoms with Crippen molar-refractivity contribution in [2.75, 3.05) is 20.6 Å². The van der Waals surface area contributed by atoms with Crippen LogP contribution in [0.5, 0.6) is 0 Å². The molecule has 0 radical (unpaired) electrons. The molecule has 16 heavy (non-hydrogen) atoms. The number of aromatic nitrogens is 2. The van der Waals surface area contributed by atoms with Crippen LogP contribution in [0.4, 0.5) is 0 Å². The minimum atomic E-state index is 0.0785. The highest BCUT2D eigenvalue weighted by molar-refractivity contribution is 5.75. The molecule has 1 aromatic rings. The zero-order chi connectivity index (χ0) is 12.0. The van der Waals surface area contributed by atoms with E-state index in [9.17, 15) is 4.79 Å². The second-order valence-electron chi connectivity index (χ2n) is 3.98. The summed E-state index contributed by atoms with van der Waals surface area (Å²) in [4.78, 5) is 17.2. The van der Waals surface area contributed by atoms with E-state index in [1.54, 1.807) is 31.5 Å². The van der Waals surface area contributed by atoms with Gasteiger partial charge in [-0.05, 0) is 13.0 Å². The van der Waals surface area contributed by atoms with E-state index in [1.807, 2.05) is 4.57 Å². The van der Waals surface area contributed by atoms with Gasteiger partial charge in [-0.1, -0.05) is 6.92 Å². The molecular formula is C11H20N4O. The molecule has 0 unspecified atom stereocenters. The van der Waals surface area contributed by atoms with Gasteiger partial charge in [-0.2, -0.15) is 0 Å². The van der Waals surface area contributed by atoms with E-state index in [0.717, 1.165) is 25.2 Å². The van der Waals surface area contributed by atoms with E-state index in [4.69, 9.17) is 0 Å². The number of hydrogen-bond acceptors (Lipinski definition) is 3. The molecule has 0 fully saturated rings. The predicted molar refractivity (Wildman–Crippen MR) is 62.9 cm³/mol. The van der Waals surface area contributed by atoms with Crippen LogP contribution in [0.2, 0.25) is 0 Å². The van der Waals surface area contributed by atoms with Crippen LogP contribution in [0.1, 0.15) is 19.0 Å². The molecule has 0 bridgehead atoms. The summed E-state index contributed by atoms with van der Waals surface area (Å²) in [7, 11) is 3.52. The zero-order valence-electron chi connectivity index (χ0n) is 10.2. The van der Waals surface area contributed by atoms with Crippen LogP contribution in [-0.4, -0.2) is 41.0 Å². The van der Waals surface area contributed by atoms with Crippen molar-refractivity contribution in [1.29, 1.82) is 0 Å². The van der Waals surface area contributed by atoms with Crippen molar-refractivity contribution in [3.63, 3.8) is 0 Å². The Morgan fingerprint density at radius 3 is 2.94 bits per heavy atom. The number of hydrogen-bond donors (Lipinski definition) is 1. The van der Waals surface area contributed by atoms with Crippen molar-refractivity contribution in [1.82, 2.24) is 19.8 Å². The normalized spacial score (nSPS) is 10.4. The molecule has 0 aliphatic carbocycles. The van der Waals surface area contributed by atoms with Crippen LogP contribution < -0.4 is 5.32 Å². The lowest BCUT2D eigenvalue weighted by molar-refractivity contribution is -0.129. The smallest absolute Gasteiger partial charge is 0.242 e. The Labute approximate surface area is 96.5 Å². The van der Waals surface area contributed by atoms with Crippen molar-refractivity contribution in [3.8, 4) is 0 Å². The second-order valence-corrected chi connectivity index (χ2v) is 3.98. The van der Waals surface area contributed by atoms with Gasteiger partial charge >= 0.3 is 0 Å². The lowest BCUT2D eigenvalue weighted by atomic mass is 10.4. The van der Waals surface area contributed by atoms with Crippen LogP contribution in [0, 0.1) is 0 Å². The molecule has 1 aromatic heterocycles. The van der Waals surface area contributed by atoms with Gasteiger partial charge in [0, 0.05) is 26.8 Å². The van der Waals surface area contributed by atoms with Gasteiger partial charge in [0.15, 0.2) is 0 Å². The molecule has 1 rings (SSSR count). The van der Waals surface area contributed by atoms with Crippen LogP contribution in [-0.2, 0) is 17.9 Å². The van der Waals surface area contributed by atoms with Crippen LogP contribution >= 0.6 is 0 Å². The van der Waals surface area contributed by atoms with E-state index in [2.05, 4.69) is 17.2 Å². The van der Waals surface area contributed by atoms with Crippen molar-refractivity contribution in [2.24, 2.45) is 0 Å². The Hall–Kier alpha value is -1.36.